The average molecular weight is 254 g/mol. The molecule has 0 radical (unpaired) electrons. The van der Waals surface area contributed by atoms with Gasteiger partial charge in [-0.1, -0.05) is 20.3 Å². The molecule has 1 saturated heterocycles. The first-order valence-corrected chi connectivity index (χ1v) is 7.40. The fourth-order valence-corrected chi connectivity index (χ4v) is 4.01. The van der Waals surface area contributed by atoms with E-state index in [1.807, 2.05) is 0 Å². The summed E-state index contributed by atoms with van der Waals surface area (Å²) in [5, 5.41) is 3.60. The SMILES string of the molecule is CNC1C(N2CCOCC2(C)C)CCCC1(C)C. The van der Waals surface area contributed by atoms with Gasteiger partial charge in [-0.3, -0.25) is 4.90 Å². The molecule has 0 spiro atoms. The lowest BCUT2D eigenvalue weighted by atomic mass is 9.69. The molecular formula is C15H30N2O. The standard InChI is InChI=1S/C15H30N2O/c1-14(2)8-6-7-12(13(14)16-5)17-9-10-18-11-15(17,3)4/h12-13,16H,6-11H2,1-5H3. The van der Waals surface area contributed by atoms with Crippen LogP contribution >= 0.6 is 0 Å². The van der Waals surface area contributed by atoms with E-state index in [1.54, 1.807) is 0 Å². The van der Waals surface area contributed by atoms with Crippen molar-refractivity contribution < 1.29 is 4.74 Å². The van der Waals surface area contributed by atoms with Crippen LogP contribution in [-0.2, 0) is 4.74 Å². The molecule has 2 unspecified atom stereocenters. The average Bonchev–Trinajstić information content (AvgIpc) is 2.27. The van der Waals surface area contributed by atoms with Gasteiger partial charge in [0.15, 0.2) is 0 Å². The summed E-state index contributed by atoms with van der Waals surface area (Å²) in [4.78, 5) is 2.69. The van der Waals surface area contributed by atoms with Crippen molar-refractivity contribution in [2.75, 3.05) is 26.8 Å². The molecule has 3 nitrogen and oxygen atoms in total. The molecule has 0 aromatic rings. The Morgan fingerprint density at radius 1 is 1.22 bits per heavy atom. The Kier molecular flexibility index (Phi) is 4.05. The minimum Gasteiger partial charge on any atom is -0.378 e. The fraction of sp³-hybridized carbons (Fsp3) is 1.00. The van der Waals surface area contributed by atoms with Crippen molar-refractivity contribution in [3.05, 3.63) is 0 Å². The molecule has 2 rings (SSSR count). The number of likely N-dealkylation sites (N-methyl/N-ethyl adjacent to an activating group) is 1. The molecule has 18 heavy (non-hydrogen) atoms. The molecule has 1 aliphatic heterocycles. The molecule has 0 aromatic heterocycles. The Hall–Kier alpha value is -0.120. The van der Waals surface area contributed by atoms with E-state index in [2.05, 4.69) is 45.0 Å². The normalized spacial score (nSPS) is 36.5. The zero-order valence-electron chi connectivity index (χ0n) is 12.8. The first-order valence-electron chi connectivity index (χ1n) is 7.40. The summed E-state index contributed by atoms with van der Waals surface area (Å²) in [7, 11) is 2.12. The van der Waals surface area contributed by atoms with Gasteiger partial charge in [0.05, 0.1) is 13.2 Å². The Labute approximate surface area is 112 Å². The zero-order valence-corrected chi connectivity index (χ0v) is 12.8. The monoisotopic (exact) mass is 254 g/mol. The fourth-order valence-electron chi connectivity index (χ4n) is 4.01. The van der Waals surface area contributed by atoms with Crippen LogP contribution in [-0.4, -0.2) is 49.3 Å². The molecule has 0 amide bonds. The van der Waals surface area contributed by atoms with Crippen LogP contribution < -0.4 is 5.32 Å². The number of rotatable bonds is 2. The van der Waals surface area contributed by atoms with E-state index in [0.717, 1.165) is 19.8 Å². The lowest BCUT2D eigenvalue weighted by molar-refractivity contribution is -0.0956. The number of nitrogens with zero attached hydrogens (tertiary/aromatic N) is 1. The van der Waals surface area contributed by atoms with E-state index in [-0.39, 0.29) is 5.54 Å². The molecule has 106 valence electrons. The predicted octanol–water partition coefficient (Wildman–Crippen LogP) is 2.26. The largest absolute Gasteiger partial charge is 0.378 e. The highest BCUT2D eigenvalue weighted by molar-refractivity contribution is 5.01. The Balaban J connectivity index is 2.19. The second-order valence-electron chi connectivity index (χ2n) is 7.27. The lowest BCUT2D eigenvalue weighted by Gasteiger charge is -2.54. The van der Waals surface area contributed by atoms with Gasteiger partial charge in [-0.15, -0.1) is 0 Å². The topological polar surface area (TPSA) is 24.5 Å². The van der Waals surface area contributed by atoms with Crippen LogP contribution in [0.25, 0.3) is 0 Å². The molecule has 1 aliphatic carbocycles. The highest BCUT2D eigenvalue weighted by atomic mass is 16.5. The van der Waals surface area contributed by atoms with Crippen LogP contribution in [0.1, 0.15) is 47.0 Å². The summed E-state index contributed by atoms with van der Waals surface area (Å²) in [6.45, 7) is 12.3. The minimum absolute atomic E-state index is 0.172. The predicted molar refractivity (Wildman–Crippen MR) is 75.9 cm³/mol. The molecule has 3 heteroatoms. The van der Waals surface area contributed by atoms with Crippen molar-refractivity contribution in [2.45, 2.75) is 64.6 Å². The van der Waals surface area contributed by atoms with Gasteiger partial charge in [-0.05, 0) is 39.2 Å². The summed E-state index contributed by atoms with van der Waals surface area (Å²) in [5.41, 5.74) is 0.567. The molecule has 2 aliphatic rings. The number of nitrogens with one attached hydrogen (secondary N) is 1. The van der Waals surface area contributed by atoms with Crippen molar-refractivity contribution in [3.63, 3.8) is 0 Å². The summed E-state index contributed by atoms with van der Waals surface area (Å²) in [6.07, 6.45) is 4.00. The zero-order chi connectivity index (χ0) is 13.4. The van der Waals surface area contributed by atoms with Crippen LogP contribution in [0.4, 0.5) is 0 Å². The smallest absolute Gasteiger partial charge is 0.0645 e. The van der Waals surface area contributed by atoms with E-state index in [0.29, 0.717) is 17.5 Å². The van der Waals surface area contributed by atoms with Crippen molar-refractivity contribution in [2.24, 2.45) is 5.41 Å². The van der Waals surface area contributed by atoms with Crippen LogP contribution in [0.5, 0.6) is 0 Å². The second kappa shape index (κ2) is 5.10. The van der Waals surface area contributed by atoms with Crippen LogP contribution in [0.2, 0.25) is 0 Å². The van der Waals surface area contributed by atoms with Crippen molar-refractivity contribution >= 4 is 0 Å². The third-order valence-corrected chi connectivity index (χ3v) is 4.97. The van der Waals surface area contributed by atoms with Crippen molar-refractivity contribution in [1.82, 2.24) is 10.2 Å². The number of morpholine rings is 1. The van der Waals surface area contributed by atoms with Crippen LogP contribution in [0.3, 0.4) is 0 Å². The summed E-state index contributed by atoms with van der Waals surface area (Å²) < 4.78 is 5.66. The maximum Gasteiger partial charge on any atom is 0.0645 e. The van der Waals surface area contributed by atoms with E-state index in [1.165, 1.54) is 19.3 Å². The molecule has 1 heterocycles. The van der Waals surface area contributed by atoms with Crippen molar-refractivity contribution in [3.8, 4) is 0 Å². The first kappa shape index (κ1) is 14.3. The second-order valence-corrected chi connectivity index (χ2v) is 7.27. The Morgan fingerprint density at radius 3 is 2.56 bits per heavy atom. The van der Waals surface area contributed by atoms with Crippen LogP contribution in [0.15, 0.2) is 0 Å². The molecule has 0 aromatic carbocycles. The van der Waals surface area contributed by atoms with E-state index in [4.69, 9.17) is 4.74 Å². The van der Waals surface area contributed by atoms with Gasteiger partial charge < -0.3 is 10.1 Å². The molecule has 2 fully saturated rings. The Morgan fingerprint density at radius 2 is 1.94 bits per heavy atom. The molecule has 2 atom stereocenters. The number of ether oxygens (including phenoxy) is 1. The van der Waals surface area contributed by atoms with Gasteiger partial charge in [-0.2, -0.15) is 0 Å². The maximum absolute atomic E-state index is 5.66. The number of hydrogen-bond donors (Lipinski definition) is 1. The van der Waals surface area contributed by atoms with E-state index in [9.17, 15) is 0 Å². The highest BCUT2D eigenvalue weighted by Gasteiger charge is 2.45. The van der Waals surface area contributed by atoms with Crippen LogP contribution in [0, 0.1) is 5.41 Å². The van der Waals surface area contributed by atoms with Crippen molar-refractivity contribution in [1.29, 1.82) is 0 Å². The first-order chi connectivity index (χ1) is 8.38. The maximum atomic E-state index is 5.66. The van der Waals surface area contributed by atoms with Gasteiger partial charge >= 0.3 is 0 Å². The molecular weight excluding hydrogens is 224 g/mol. The quantitative estimate of drug-likeness (QED) is 0.818. The van der Waals surface area contributed by atoms with Gasteiger partial charge in [0.25, 0.3) is 0 Å². The number of hydrogen-bond acceptors (Lipinski definition) is 3. The molecule has 0 bridgehead atoms. The summed E-state index contributed by atoms with van der Waals surface area (Å²) in [5.74, 6) is 0. The molecule has 1 saturated carbocycles. The molecule has 1 N–H and O–H groups in total. The lowest BCUT2D eigenvalue weighted by Crippen LogP contribution is -2.65. The third kappa shape index (κ3) is 2.59. The van der Waals surface area contributed by atoms with E-state index >= 15 is 0 Å². The third-order valence-electron chi connectivity index (χ3n) is 4.97. The van der Waals surface area contributed by atoms with Gasteiger partial charge in [0.2, 0.25) is 0 Å². The summed E-state index contributed by atoms with van der Waals surface area (Å²) >= 11 is 0. The van der Waals surface area contributed by atoms with Gasteiger partial charge in [-0.25, -0.2) is 0 Å². The van der Waals surface area contributed by atoms with Gasteiger partial charge in [0.1, 0.15) is 0 Å². The highest BCUT2D eigenvalue weighted by Crippen LogP contribution is 2.40. The van der Waals surface area contributed by atoms with Gasteiger partial charge in [0, 0.05) is 24.2 Å². The summed E-state index contributed by atoms with van der Waals surface area (Å²) in [6, 6.07) is 1.24. The van der Waals surface area contributed by atoms with E-state index < -0.39 is 0 Å². The Bertz CT molecular complexity index is 288. The minimum atomic E-state index is 0.172.